The first-order chi connectivity index (χ1) is 7.11. The third kappa shape index (κ3) is 1.57. The van der Waals surface area contributed by atoms with Crippen molar-refractivity contribution in [2.45, 2.75) is 13.8 Å². The minimum absolute atomic E-state index is 0.247. The lowest BCUT2D eigenvalue weighted by molar-refractivity contribution is 0.0914. The molecule has 2 aromatic heterocycles. The molecule has 0 amide bonds. The summed E-state index contributed by atoms with van der Waals surface area (Å²) in [6.07, 6.45) is 1.44. The van der Waals surface area contributed by atoms with Crippen LogP contribution >= 0.6 is 11.6 Å². The van der Waals surface area contributed by atoms with E-state index in [1.54, 1.807) is 26.0 Å². The number of nitrogens with zero attached hydrogens (tertiary/aromatic N) is 2. The van der Waals surface area contributed by atoms with Crippen molar-refractivity contribution in [2.24, 2.45) is 0 Å². The summed E-state index contributed by atoms with van der Waals surface area (Å²) in [6, 6.07) is 3.24. The van der Waals surface area contributed by atoms with Crippen molar-refractivity contribution >= 4 is 17.5 Å². The largest absolute Gasteiger partial charge is 0.459 e. The first-order valence-electron chi connectivity index (χ1n) is 4.41. The van der Waals surface area contributed by atoms with Crippen LogP contribution in [0.5, 0.6) is 0 Å². The van der Waals surface area contributed by atoms with Crippen LogP contribution in [0.4, 0.5) is 0 Å². The Bertz CT molecular complexity index is 500. The van der Waals surface area contributed by atoms with Gasteiger partial charge < -0.3 is 4.42 Å². The van der Waals surface area contributed by atoms with Crippen molar-refractivity contribution in [2.75, 3.05) is 0 Å². The van der Waals surface area contributed by atoms with Crippen molar-refractivity contribution in [1.82, 2.24) is 9.78 Å². The van der Waals surface area contributed by atoms with Gasteiger partial charge in [-0.05, 0) is 26.0 Å². The average molecular weight is 225 g/mol. The van der Waals surface area contributed by atoms with Gasteiger partial charge >= 0.3 is 5.91 Å². The number of carbonyl (C=O) groups excluding carboxylic acids is 1. The third-order valence-electron chi connectivity index (χ3n) is 2.13. The van der Waals surface area contributed by atoms with E-state index in [2.05, 4.69) is 5.10 Å². The van der Waals surface area contributed by atoms with E-state index in [1.807, 2.05) is 0 Å². The number of carbonyl (C=O) groups is 1. The number of furan rings is 1. The molecule has 0 radical (unpaired) electrons. The Morgan fingerprint density at radius 2 is 2.27 bits per heavy atom. The fourth-order valence-corrected chi connectivity index (χ4v) is 1.44. The van der Waals surface area contributed by atoms with E-state index in [-0.39, 0.29) is 11.7 Å². The number of rotatable bonds is 1. The van der Waals surface area contributed by atoms with Gasteiger partial charge in [0.05, 0.1) is 22.7 Å². The molecule has 0 saturated carbocycles. The van der Waals surface area contributed by atoms with E-state index >= 15 is 0 Å². The standard InChI is InChI=1S/C10H9ClN2O2/c1-6-9(11)7(2)13(12-6)10(14)8-4-3-5-15-8/h3-5H,1-2H3. The van der Waals surface area contributed by atoms with Crippen molar-refractivity contribution in [1.29, 1.82) is 0 Å². The fourth-order valence-electron chi connectivity index (χ4n) is 1.33. The average Bonchev–Trinajstić information content (AvgIpc) is 2.82. The van der Waals surface area contributed by atoms with Gasteiger partial charge in [-0.15, -0.1) is 0 Å². The van der Waals surface area contributed by atoms with Crippen LogP contribution in [-0.2, 0) is 0 Å². The zero-order chi connectivity index (χ0) is 11.0. The molecule has 0 aliphatic carbocycles. The second-order valence-electron chi connectivity index (χ2n) is 3.18. The molecule has 2 heterocycles. The van der Waals surface area contributed by atoms with E-state index in [1.165, 1.54) is 10.9 Å². The molecule has 0 aliphatic heterocycles. The summed E-state index contributed by atoms with van der Waals surface area (Å²) in [5.41, 5.74) is 1.25. The molecule has 2 aromatic rings. The summed E-state index contributed by atoms with van der Waals surface area (Å²) in [4.78, 5) is 11.8. The highest BCUT2D eigenvalue weighted by Crippen LogP contribution is 2.19. The van der Waals surface area contributed by atoms with Crippen molar-refractivity contribution in [3.05, 3.63) is 40.6 Å². The molecule has 0 aliphatic rings. The Labute approximate surface area is 91.4 Å². The van der Waals surface area contributed by atoms with E-state index < -0.39 is 0 Å². The maximum Gasteiger partial charge on any atom is 0.314 e. The second kappa shape index (κ2) is 3.55. The maximum absolute atomic E-state index is 11.8. The summed E-state index contributed by atoms with van der Waals surface area (Å²) < 4.78 is 6.25. The molecule has 15 heavy (non-hydrogen) atoms. The van der Waals surface area contributed by atoms with E-state index in [0.29, 0.717) is 16.4 Å². The van der Waals surface area contributed by atoms with Crippen molar-refractivity contribution in [3.63, 3.8) is 0 Å². The normalized spacial score (nSPS) is 10.6. The summed E-state index contributed by atoms with van der Waals surface area (Å²) >= 11 is 5.94. The molecule has 0 unspecified atom stereocenters. The second-order valence-corrected chi connectivity index (χ2v) is 3.56. The van der Waals surface area contributed by atoms with Crippen LogP contribution in [-0.4, -0.2) is 15.7 Å². The summed E-state index contributed by atoms with van der Waals surface area (Å²) in [5, 5.41) is 4.55. The van der Waals surface area contributed by atoms with Crippen LogP contribution < -0.4 is 0 Å². The molecule has 0 aromatic carbocycles. The van der Waals surface area contributed by atoms with Gasteiger partial charge in [0, 0.05) is 0 Å². The molecular formula is C10H9ClN2O2. The Balaban J connectivity index is 2.47. The minimum Gasteiger partial charge on any atom is -0.459 e. The molecule has 0 atom stereocenters. The lowest BCUT2D eigenvalue weighted by atomic mass is 10.4. The zero-order valence-electron chi connectivity index (χ0n) is 8.32. The monoisotopic (exact) mass is 224 g/mol. The molecular weight excluding hydrogens is 216 g/mol. The van der Waals surface area contributed by atoms with Gasteiger partial charge in [-0.1, -0.05) is 11.6 Å². The van der Waals surface area contributed by atoms with Crippen LogP contribution in [0, 0.1) is 13.8 Å². The quantitative estimate of drug-likeness (QED) is 0.748. The molecule has 0 saturated heterocycles. The highest BCUT2D eigenvalue weighted by atomic mass is 35.5. The maximum atomic E-state index is 11.8. The van der Waals surface area contributed by atoms with Crippen LogP contribution in [0.25, 0.3) is 0 Å². The first-order valence-corrected chi connectivity index (χ1v) is 4.79. The van der Waals surface area contributed by atoms with Gasteiger partial charge in [0.2, 0.25) is 0 Å². The Kier molecular flexibility index (Phi) is 2.36. The SMILES string of the molecule is Cc1nn(C(=O)c2ccco2)c(C)c1Cl. The Morgan fingerprint density at radius 3 is 2.73 bits per heavy atom. The van der Waals surface area contributed by atoms with Gasteiger partial charge in [-0.25, -0.2) is 0 Å². The van der Waals surface area contributed by atoms with Gasteiger partial charge in [0.25, 0.3) is 0 Å². The summed E-state index contributed by atoms with van der Waals surface area (Å²) in [6.45, 7) is 3.49. The molecule has 78 valence electrons. The van der Waals surface area contributed by atoms with Crippen molar-refractivity contribution in [3.8, 4) is 0 Å². The highest BCUT2D eigenvalue weighted by molar-refractivity contribution is 6.32. The third-order valence-corrected chi connectivity index (χ3v) is 2.67. The number of hydrogen-bond acceptors (Lipinski definition) is 3. The zero-order valence-corrected chi connectivity index (χ0v) is 9.08. The predicted molar refractivity (Wildman–Crippen MR) is 55.1 cm³/mol. The Hall–Kier alpha value is -1.55. The fraction of sp³-hybridized carbons (Fsp3) is 0.200. The summed E-state index contributed by atoms with van der Waals surface area (Å²) in [7, 11) is 0. The van der Waals surface area contributed by atoms with Gasteiger partial charge in [0.15, 0.2) is 5.76 Å². The predicted octanol–water partition coefficient (Wildman–Crippen LogP) is 2.43. The number of aromatic nitrogens is 2. The molecule has 0 bridgehead atoms. The molecule has 0 N–H and O–H groups in total. The topological polar surface area (TPSA) is 48.0 Å². The minimum atomic E-state index is -0.312. The molecule has 5 heteroatoms. The van der Waals surface area contributed by atoms with Gasteiger partial charge in [-0.3, -0.25) is 4.79 Å². The van der Waals surface area contributed by atoms with Crippen LogP contribution in [0.3, 0.4) is 0 Å². The molecule has 4 nitrogen and oxygen atoms in total. The lowest BCUT2D eigenvalue weighted by Gasteiger charge is -1.98. The number of hydrogen-bond donors (Lipinski definition) is 0. The lowest BCUT2D eigenvalue weighted by Crippen LogP contribution is -2.14. The summed E-state index contributed by atoms with van der Waals surface area (Å²) in [5.74, 6) is -0.0650. The highest BCUT2D eigenvalue weighted by Gasteiger charge is 2.18. The number of halogens is 1. The molecule has 0 fully saturated rings. The van der Waals surface area contributed by atoms with E-state index in [9.17, 15) is 4.79 Å². The Morgan fingerprint density at radius 1 is 1.53 bits per heavy atom. The van der Waals surface area contributed by atoms with Gasteiger partial charge in [0.1, 0.15) is 0 Å². The van der Waals surface area contributed by atoms with E-state index in [4.69, 9.17) is 16.0 Å². The van der Waals surface area contributed by atoms with Crippen LogP contribution in [0.1, 0.15) is 21.9 Å². The smallest absolute Gasteiger partial charge is 0.314 e. The van der Waals surface area contributed by atoms with Crippen LogP contribution in [0.2, 0.25) is 5.02 Å². The van der Waals surface area contributed by atoms with Crippen LogP contribution in [0.15, 0.2) is 22.8 Å². The van der Waals surface area contributed by atoms with E-state index in [0.717, 1.165) is 0 Å². The van der Waals surface area contributed by atoms with Crippen molar-refractivity contribution < 1.29 is 9.21 Å². The first kappa shape index (κ1) is 9.98. The number of aryl methyl sites for hydroxylation is 1. The van der Waals surface area contributed by atoms with Gasteiger partial charge in [-0.2, -0.15) is 9.78 Å². The molecule has 0 spiro atoms. The molecule has 2 rings (SSSR count).